The van der Waals surface area contributed by atoms with Gasteiger partial charge >= 0.3 is 17.2 Å². The maximum absolute atomic E-state index is 6.64. The van der Waals surface area contributed by atoms with E-state index in [0.29, 0.717) is 26.4 Å². The first-order valence-corrected chi connectivity index (χ1v) is 19.1. The normalized spacial score (nSPS) is 22.7. The Morgan fingerprint density at radius 3 is 1.13 bits per heavy atom. The molecule has 2 heterocycles. The molecule has 0 amide bonds. The first-order valence-electron chi connectivity index (χ1n) is 16.9. The molecule has 0 aromatic heterocycles. The Morgan fingerprint density at radius 2 is 0.848 bits per heavy atom. The third-order valence-corrected chi connectivity index (χ3v) is 10.8. The van der Waals surface area contributed by atoms with Crippen molar-refractivity contribution in [1.82, 2.24) is 0 Å². The van der Waals surface area contributed by atoms with Crippen LogP contribution in [-0.4, -0.2) is 26.4 Å². The highest BCUT2D eigenvalue weighted by atomic mass is 31.2. The summed E-state index contributed by atoms with van der Waals surface area (Å²) < 4.78 is 38.4. The van der Waals surface area contributed by atoms with E-state index in [2.05, 4.69) is 121 Å². The van der Waals surface area contributed by atoms with E-state index in [1.165, 1.54) is 33.4 Å². The number of benzene rings is 2. The average molecular weight is 677 g/mol. The van der Waals surface area contributed by atoms with E-state index in [0.717, 1.165) is 17.9 Å². The van der Waals surface area contributed by atoms with Crippen LogP contribution in [0.2, 0.25) is 0 Å². The second-order valence-corrected chi connectivity index (χ2v) is 18.9. The Hall–Kier alpha value is -1.26. The molecule has 2 aromatic rings. The molecule has 0 unspecified atom stereocenters. The van der Waals surface area contributed by atoms with Gasteiger partial charge < -0.3 is 27.1 Å². The van der Waals surface area contributed by atoms with Gasteiger partial charge in [0.2, 0.25) is 0 Å². The number of hydrogen-bond acceptors (Lipinski definition) is 6. The van der Waals surface area contributed by atoms with E-state index in [-0.39, 0.29) is 21.7 Å². The van der Waals surface area contributed by atoms with Crippen LogP contribution in [0.1, 0.15) is 137 Å². The molecule has 8 heteroatoms. The lowest BCUT2D eigenvalue weighted by atomic mass is 9.76. The van der Waals surface area contributed by atoms with Crippen molar-refractivity contribution in [2.45, 2.75) is 139 Å². The van der Waals surface area contributed by atoms with E-state index in [1.54, 1.807) is 0 Å². The van der Waals surface area contributed by atoms with Crippen molar-refractivity contribution in [3.05, 3.63) is 57.6 Å². The summed E-state index contributed by atoms with van der Waals surface area (Å²) in [6, 6.07) is 8.94. The van der Waals surface area contributed by atoms with Crippen molar-refractivity contribution in [1.29, 1.82) is 0 Å². The van der Waals surface area contributed by atoms with Gasteiger partial charge in [0.25, 0.3) is 0 Å². The molecule has 0 atom stereocenters. The van der Waals surface area contributed by atoms with Crippen molar-refractivity contribution >= 4 is 17.2 Å². The van der Waals surface area contributed by atoms with E-state index < -0.39 is 22.6 Å². The summed E-state index contributed by atoms with van der Waals surface area (Å²) in [5, 5.41) is 0. The first-order chi connectivity index (χ1) is 21.1. The molecule has 2 aliphatic rings. The lowest BCUT2D eigenvalue weighted by molar-refractivity contribution is -0.0674. The maximum Gasteiger partial charge on any atom is 0.397 e. The van der Waals surface area contributed by atoms with Crippen LogP contribution in [0.3, 0.4) is 0 Å². The molecular formula is C38H62O6P2. The summed E-state index contributed by atoms with van der Waals surface area (Å²) in [6.07, 6.45) is 0.996. The van der Waals surface area contributed by atoms with Crippen molar-refractivity contribution in [3.63, 3.8) is 0 Å². The van der Waals surface area contributed by atoms with Crippen LogP contribution in [0.15, 0.2) is 24.3 Å². The highest BCUT2D eigenvalue weighted by Crippen LogP contribution is 2.56. The molecule has 260 valence electrons. The Morgan fingerprint density at radius 1 is 0.565 bits per heavy atom. The summed E-state index contributed by atoms with van der Waals surface area (Å²) in [5.41, 5.74) is 6.46. The van der Waals surface area contributed by atoms with Crippen LogP contribution in [0.5, 0.6) is 11.5 Å². The van der Waals surface area contributed by atoms with Gasteiger partial charge in [-0.2, -0.15) is 0 Å². The van der Waals surface area contributed by atoms with Crippen LogP contribution < -0.4 is 9.05 Å². The third kappa shape index (κ3) is 9.25. The summed E-state index contributed by atoms with van der Waals surface area (Å²) in [4.78, 5) is 0. The molecule has 0 saturated carbocycles. The molecule has 2 saturated heterocycles. The van der Waals surface area contributed by atoms with E-state index in [9.17, 15) is 0 Å². The quantitative estimate of drug-likeness (QED) is 0.284. The van der Waals surface area contributed by atoms with E-state index in [1.807, 2.05) is 13.8 Å². The van der Waals surface area contributed by atoms with Gasteiger partial charge in [0, 0.05) is 22.3 Å². The Labute approximate surface area is 283 Å². The van der Waals surface area contributed by atoms with E-state index >= 15 is 0 Å². The summed E-state index contributed by atoms with van der Waals surface area (Å²) in [7, 11) is -3.13. The Balaban J connectivity index is 0.00000282. The monoisotopic (exact) mass is 676 g/mol. The zero-order valence-electron chi connectivity index (χ0n) is 31.7. The summed E-state index contributed by atoms with van der Waals surface area (Å²) in [5.74, 6) is 1.77. The molecule has 6 nitrogen and oxygen atoms in total. The molecule has 46 heavy (non-hydrogen) atoms. The number of aryl methyl sites for hydroxylation is 2. The van der Waals surface area contributed by atoms with E-state index in [4.69, 9.17) is 27.1 Å². The minimum Gasteiger partial charge on any atom is -0.426 e. The van der Waals surface area contributed by atoms with Crippen LogP contribution in [0.4, 0.5) is 0 Å². The topological polar surface area (TPSA) is 55.4 Å². The molecule has 0 bridgehead atoms. The summed E-state index contributed by atoms with van der Waals surface area (Å²) in [6.45, 7) is 36.8. The van der Waals surface area contributed by atoms with Crippen LogP contribution in [0, 0.1) is 19.3 Å². The van der Waals surface area contributed by atoms with Crippen LogP contribution in [0.25, 0.3) is 0 Å². The van der Waals surface area contributed by atoms with Crippen molar-refractivity contribution in [3.8, 4) is 11.5 Å². The average Bonchev–Trinajstić information content (AvgIpc) is 2.96. The smallest absolute Gasteiger partial charge is 0.397 e. The van der Waals surface area contributed by atoms with Crippen LogP contribution >= 0.6 is 17.2 Å². The zero-order valence-corrected chi connectivity index (χ0v) is 33.5. The van der Waals surface area contributed by atoms with Gasteiger partial charge in [-0.15, -0.1) is 0 Å². The minimum atomic E-state index is -1.57. The predicted molar refractivity (Wildman–Crippen MR) is 194 cm³/mol. The molecular weight excluding hydrogens is 614 g/mol. The molecule has 2 aromatic carbocycles. The highest BCUT2D eigenvalue weighted by molar-refractivity contribution is 7.42. The first kappa shape index (κ1) is 39.2. The zero-order chi connectivity index (χ0) is 34.9. The van der Waals surface area contributed by atoms with Gasteiger partial charge in [-0.25, -0.2) is 0 Å². The fourth-order valence-corrected chi connectivity index (χ4v) is 8.01. The second-order valence-electron chi connectivity index (χ2n) is 16.6. The predicted octanol–water partition coefficient (Wildman–Crippen LogP) is 11.9. The summed E-state index contributed by atoms with van der Waals surface area (Å²) >= 11 is 0. The van der Waals surface area contributed by atoms with Gasteiger partial charge in [-0.05, 0) is 41.9 Å². The largest absolute Gasteiger partial charge is 0.426 e. The maximum atomic E-state index is 6.64. The Bertz CT molecular complexity index is 1280. The number of hydrogen-bond donors (Lipinski definition) is 0. The fraction of sp³-hybridized carbons (Fsp3) is 0.684. The standard InChI is InChI=1S/C36H56O6P2.C2H6/c1-15-35(13,14)29-19-25(3)18-28(34(10,11)12)31(29)42-44-39-22-36(23-40-44)20-37-43(38-21-36)41-30-26(32(4,5)6)16-24(2)17-27(30)33(7,8)9;1-2/h16-19H,15,20-23H2,1-14H3;1-2H3. The molecule has 4 rings (SSSR count). The van der Waals surface area contributed by atoms with Gasteiger partial charge in [-0.3, -0.25) is 0 Å². The minimum absolute atomic E-state index is 0.0485. The SMILES string of the molecule is CC.CCC(C)(C)c1cc(C)cc(C(C)(C)C)c1OP1OCC2(COP(Oc3c(C(C)(C)C)cc(C)cc3C(C)(C)C)OC2)CO1. The molecule has 0 aliphatic carbocycles. The lowest BCUT2D eigenvalue weighted by Gasteiger charge is -2.42. The highest BCUT2D eigenvalue weighted by Gasteiger charge is 2.46. The molecule has 1 spiro atoms. The van der Waals surface area contributed by atoms with Gasteiger partial charge in [0.05, 0.1) is 31.8 Å². The molecule has 2 aliphatic heterocycles. The molecule has 0 N–H and O–H groups in total. The van der Waals surface area contributed by atoms with Crippen LogP contribution in [-0.2, 0) is 39.8 Å². The third-order valence-electron chi connectivity index (χ3n) is 8.74. The van der Waals surface area contributed by atoms with Crippen molar-refractivity contribution in [2.24, 2.45) is 5.41 Å². The van der Waals surface area contributed by atoms with Crippen molar-refractivity contribution in [2.75, 3.05) is 26.4 Å². The lowest BCUT2D eigenvalue weighted by Crippen LogP contribution is -2.45. The Kier molecular flexibility index (Phi) is 12.5. The fourth-order valence-electron chi connectivity index (χ4n) is 5.45. The van der Waals surface area contributed by atoms with Gasteiger partial charge in [-0.1, -0.05) is 132 Å². The van der Waals surface area contributed by atoms with Gasteiger partial charge in [0.1, 0.15) is 11.5 Å². The number of rotatable bonds is 6. The second kappa shape index (κ2) is 14.7. The molecule has 0 radical (unpaired) electrons. The molecule has 2 fully saturated rings. The van der Waals surface area contributed by atoms with Crippen molar-refractivity contribution < 1.29 is 27.1 Å². The van der Waals surface area contributed by atoms with Gasteiger partial charge in [0.15, 0.2) is 0 Å².